The Labute approximate surface area is 177 Å². The van der Waals surface area contributed by atoms with Gasteiger partial charge in [-0.1, -0.05) is 12.1 Å². The number of hydrogen-bond acceptors (Lipinski definition) is 5. The summed E-state index contributed by atoms with van der Waals surface area (Å²) in [5.41, 5.74) is -0.0263. The molecule has 1 aliphatic rings. The van der Waals surface area contributed by atoms with E-state index in [1.807, 2.05) is 0 Å². The second kappa shape index (κ2) is 7.45. The highest BCUT2D eigenvalue weighted by molar-refractivity contribution is 7.93. The van der Waals surface area contributed by atoms with Crippen LogP contribution in [0.3, 0.4) is 0 Å². The Kier molecular flexibility index (Phi) is 5.04. The molecule has 10 heteroatoms. The van der Waals surface area contributed by atoms with Gasteiger partial charge in [-0.15, -0.1) is 0 Å². The first kappa shape index (κ1) is 21.0. The normalized spacial score (nSPS) is 15.1. The molecule has 0 spiro atoms. The molecule has 0 unspecified atom stereocenters. The standard InChI is InChI=1S/C21H18F3N3O3S/c1-26-17-4-3-11-25-20(17)27(13-14-5-8-16(30-2)9-6-14)18-12-15(21(22,23)24)7-10-19(18)31(26,28)29/h3-12H,13H2,1-2H3. The molecule has 6 nitrogen and oxygen atoms in total. The van der Waals surface area contributed by atoms with Gasteiger partial charge in [0.1, 0.15) is 10.6 Å². The summed E-state index contributed by atoms with van der Waals surface area (Å²) in [7, 11) is -1.22. The summed E-state index contributed by atoms with van der Waals surface area (Å²) in [6.45, 7) is 0.103. The minimum absolute atomic E-state index is 0.0880. The van der Waals surface area contributed by atoms with Crippen LogP contribution in [0.25, 0.3) is 0 Å². The Morgan fingerprint density at radius 3 is 2.39 bits per heavy atom. The molecule has 0 bridgehead atoms. The minimum atomic E-state index is -4.63. The number of aromatic nitrogens is 1. The molecule has 0 fully saturated rings. The van der Waals surface area contributed by atoms with Gasteiger partial charge >= 0.3 is 6.18 Å². The number of rotatable bonds is 3. The van der Waals surface area contributed by atoms with Crippen molar-refractivity contribution in [2.24, 2.45) is 0 Å². The predicted molar refractivity (Wildman–Crippen MR) is 110 cm³/mol. The highest BCUT2D eigenvalue weighted by atomic mass is 32.2. The molecular weight excluding hydrogens is 431 g/mol. The lowest BCUT2D eigenvalue weighted by Crippen LogP contribution is -2.25. The first-order valence-corrected chi connectivity index (χ1v) is 10.6. The first-order chi connectivity index (χ1) is 14.6. The number of methoxy groups -OCH3 is 1. The van der Waals surface area contributed by atoms with Crippen LogP contribution in [0.1, 0.15) is 11.1 Å². The molecule has 0 amide bonds. The van der Waals surface area contributed by atoms with Crippen molar-refractivity contribution in [2.75, 3.05) is 23.4 Å². The second-order valence-electron chi connectivity index (χ2n) is 6.93. The summed E-state index contributed by atoms with van der Waals surface area (Å²) in [4.78, 5) is 5.57. The fraction of sp³-hybridized carbons (Fsp3) is 0.190. The fourth-order valence-electron chi connectivity index (χ4n) is 3.43. The molecular formula is C21H18F3N3O3S. The van der Waals surface area contributed by atoms with E-state index in [2.05, 4.69) is 4.98 Å². The van der Waals surface area contributed by atoms with Gasteiger partial charge in [-0.3, -0.25) is 4.31 Å². The quantitative estimate of drug-likeness (QED) is 0.586. The van der Waals surface area contributed by atoms with Gasteiger partial charge in [-0.2, -0.15) is 13.2 Å². The minimum Gasteiger partial charge on any atom is -0.497 e. The number of nitrogens with zero attached hydrogens (tertiary/aromatic N) is 3. The van der Waals surface area contributed by atoms with Gasteiger partial charge in [-0.05, 0) is 48.0 Å². The summed E-state index contributed by atoms with van der Waals surface area (Å²) >= 11 is 0. The zero-order chi connectivity index (χ0) is 22.4. The van der Waals surface area contributed by atoms with E-state index in [0.29, 0.717) is 5.75 Å². The smallest absolute Gasteiger partial charge is 0.416 e. The molecule has 0 atom stereocenters. The van der Waals surface area contributed by atoms with E-state index in [4.69, 9.17) is 4.74 Å². The molecule has 1 aliphatic heterocycles. The molecule has 0 saturated carbocycles. The predicted octanol–water partition coefficient (Wildman–Crippen LogP) is 4.59. The summed E-state index contributed by atoms with van der Waals surface area (Å²) in [5.74, 6) is 0.864. The zero-order valence-electron chi connectivity index (χ0n) is 16.6. The van der Waals surface area contributed by atoms with Crippen LogP contribution < -0.4 is 13.9 Å². The molecule has 4 rings (SSSR count). The monoisotopic (exact) mass is 449 g/mol. The van der Waals surface area contributed by atoms with Crippen LogP contribution in [0, 0.1) is 0 Å². The van der Waals surface area contributed by atoms with Crippen LogP contribution in [0.4, 0.5) is 30.4 Å². The van der Waals surface area contributed by atoms with E-state index < -0.39 is 21.8 Å². The van der Waals surface area contributed by atoms with E-state index in [9.17, 15) is 21.6 Å². The van der Waals surface area contributed by atoms with E-state index in [0.717, 1.165) is 28.1 Å². The van der Waals surface area contributed by atoms with E-state index >= 15 is 0 Å². The topological polar surface area (TPSA) is 62.7 Å². The molecule has 2 aromatic carbocycles. The Balaban J connectivity index is 1.96. The number of hydrogen-bond donors (Lipinski definition) is 0. The third kappa shape index (κ3) is 3.67. The van der Waals surface area contributed by atoms with Gasteiger partial charge in [0.25, 0.3) is 10.0 Å². The van der Waals surface area contributed by atoms with Crippen LogP contribution in [0.5, 0.6) is 5.75 Å². The fourth-order valence-corrected chi connectivity index (χ4v) is 4.80. The number of sulfonamides is 1. The van der Waals surface area contributed by atoms with Gasteiger partial charge in [-0.25, -0.2) is 13.4 Å². The molecule has 1 aromatic heterocycles. The van der Waals surface area contributed by atoms with Crippen molar-refractivity contribution in [2.45, 2.75) is 17.6 Å². The van der Waals surface area contributed by atoms with Crippen molar-refractivity contribution in [3.8, 4) is 5.75 Å². The van der Waals surface area contributed by atoms with Crippen LogP contribution in [0.15, 0.2) is 65.7 Å². The Hall–Kier alpha value is -3.27. The third-order valence-corrected chi connectivity index (χ3v) is 6.90. The van der Waals surface area contributed by atoms with Crippen molar-refractivity contribution in [3.05, 3.63) is 71.9 Å². The second-order valence-corrected chi connectivity index (χ2v) is 8.87. The zero-order valence-corrected chi connectivity index (χ0v) is 17.4. The molecule has 0 N–H and O–H groups in total. The molecule has 2 heterocycles. The first-order valence-electron chi connectivity index (χ1n) is 9.18. The molecule has 3 aromatic rings. The summed E-state index contributed by atoms with van der Waals surface area (Å²) in [6, 6.07) is 12.7. The van der Waals surface area contributed by atoms with Crippen LogP contribution in [-0.2, 0) is 22.7 Å². The average molecular weight is 449 g/mol. The van der Waals surface area contributed by atoms with Gasteiger partial charge in [0.2, 0.25) is 0 Å². The Morgan fingerprint density at radius 1 is 1.03 bits per heavy atom. The maximum absolute atomic E-state index is 13.5. The Morgan fingerprint density at radius 2 is 1.74 bits per heavy atom. The summed E-state index contributed by atoms with van der Waals surface area (Å²) in [6.07, 6.45) is -3.16. The van der Waals surface area contributed by atoms with Crippen molar-refractivity contribution >= 4 is 27.2 Å². The van der Waals surface area contributed by atoms with Crippen molar-refractivity contribution in [3.63, 3.8) is 0 Å². The number of anilines is 3. The van der Waals surface area contributed by atoms with Gasteiger partial charge < -0.3 is 9.64 Å². The highest BCUT2D eigenvalue weighted by Crippen LogP contribution is 2.45. The average Bonchev–Trinajstić information content (AvgIpc) is 2.82. The summed E-state index contributed by atoms with van der Waals surface area (Å²) < 4.78 is 73.0. The number of benzene rings is 2. The van der Waals surface area contributed by atoms with Gasteiger partial charge in [0.05, 0.1) is 24.0 Å². The lowest BCUT2D eigenvalue weighted by molar-refractivity contribution is -0.137. The van der Waals surface area contributed by atoms with Crippen molar-refractivity contribution in [1.82, 2.24) is 4.98 Å². The van der Waals surface area contributed by atoms with Gasteiger partial charge in [0.15, 0.2) is 5.82 Å². The van der Waals surface area contributed by atoms with Crippen LogP contribution in [0.2, 0.25) is 0 Å². The maximum Gasteiger partial charge on any atom is 0.416 e. The Bertz CT molecular complexity index is 1230. The summed E-state index contributed by atoms with van der Waals surface area (Å²) in [5, 5.41) is 0. The lowest BCUT2D eigenvalue weighted by Gasteiger charge is -2.25. The van der Waals surface area contributed by atoms with E-state index in [-0.39, 0.29) is 28.6 Å². The number of fused-ring (bicyclic) bond motifs is 2. The maximum atomic E-state index is 13.5. The largest absolute Gasteiger partial charge is 0.497 e. The highest BCUT2D eigenvalue weighted by Gasteiger charge is 2.38. The van der Waals surface area contributed by atoms with Gasteiger partial charge in [0, 0.05) is 19.8 Å². The molecule has 0 saturated heterocycles. The number of halogens is 3. The van der Waals surface area contributed by atoms with E-state index in [1.54, 1.807) is 36.4 Å². The van der Waals surface area contributed by atoms with Crippen molar-refractivity contribution in [1.29, 1.82) is 0 Å². The van der Waals surface area contributed by atoms with Crippen LogP contribution in [-0.4, -0.2) is 27.6 Å². The number of ether oxygens (including phenoxy) is 1. The molecule has 0 aliphatic carbocycles. The molecule has 162 valence electrons. The number of alkyl halides is 3. The number of pyridine rings is 1. The SMILES string of the molecule is COc1ccc(CN2c3cc(C(F)(F)F)ccc3S(=O)(=O)N(C)c3cccnc32)cc1. The van der Waals surface area contributed by atoms with Crippen molar-refractivity contribution < 1.29 is 26.3 Å². The molecule has 0 radical (unpaired) electrons. The van der Waals surface area contributed by atoms with E-state index in [1.165, 1.54) is 25.3 Å². The van der Waals surface area contributed by atoms with Crippen LogP contribution >= 0.6 is 0 Å². The molecule has 31 heavy (non-hydrogen) atoms. The third-order valence-electron chi connectivity index (χ3n) is 5.08. The lowest BCUT2D eigenvalue weighted by atomic mass is 10.1.